The molecular weight excluding hydrogens is 545 g/mol. The van der Waals surface area contributed by atoms with Crippen LogP contribution >= 0.6 is 11.6 Å². The maximum absolute atomic E-state index is 13.8. The molecule has 3 aromatic heterocycles. The first kappa shape index (κ1) is 25.5. The third-order valence-corrected chi connectivity index (χ3v) is 6.73. The minimum Gasteiger partial charge on any atom is -0.377 e. The molecule has 0 radical (unpaired) electrons. The Bertz CT molecular complexity index is 1770. The monoisotopic (exact) mass is 562 g/mol. The second-order valence-corrected chi connectivity index (χ2v) is 9.49. The summed E-state index contributed by atoms with van der Waals surface area (Å²) in [4.78, 5) is 7.71. The molecule has 1 aliphatic rings. The molecule has 1 aliphatic heterocycles. The molecule has 40 heavy (non-hydrogen) atoms. The number of rotatable bonds is 7. The Balaban J connectivity index is 1.43. The molecule has 6 rings (SSSR count). The van der Waals surface area contributed by atoms with Crippen molar-refractivity contribution in [3.8, 4) is 6.07 Å². The van der Waals surface area contributed by atoms with Crippen molar-refractivity contribution in [2.45, 2.75) is 12.1 Å². The van der Waals surface area contributed by atoms with E-state index in [0.717, 1.165) is 12.3 Å². The highest BCUT2D eigenvalue weighted by atomic mass is 35.5. The molecule has 1 fully saturated rings. The number of fused-ring (bicyclic) bond motifs is 1. The van der Waals surface area contributed by atoms with Gasteiger partial charge in [0.25, 0.3) is 0 Å². The molecule has 4 heterocycles. The molecule has 0 aliphatic carbocycles. The summed E-state index contributed by atoms with van der Waals surface area (Å²) in [6, 6.07) is 11.9. The van der Waals surface area contributed by atoms with Crippen LogP contribution in [0.15, 0.2) is 61.1 Å². The van der Waals surface area contributed by atoms with Crippen LogP contribution in [0, 0.1) is 28.9 Å². The van der Waals surface area contributed by atoms with Crippen LogP contribution in [0.4, 0.5) is 30.2 Å². The van der Waals surface area contributed by atoms with Crippen LogP contribution in [0.5, 0.6) is 0 Å². The molecular formula is C27H18ClF3N8O. The lowest BCUT2D eigenvalue weighted by Gasteiger charge is -2.25. The maximum Gasteiger partial charge on any atom is 0.249 e. The van der Waals surface area contributed by atoms with E-state index in [1.54, 1.807) is 35.1 Å². The smallest absolute Gasteiger partial charge is 0.249 e. The molecule has 9 nitrogen and oxygen atoms in total. The third-order valence-electron chi connectivity index (χ3n) is 6.44. The van der Waals surface area contributed by atoms with Crippen molar-refractivity contribution in [2.75, 3.05) is 23.8 Å². The fourth-order valence-electron chi connectivity index (χ4n) is 4.32. The zero-order valence-corrected chi connectivity index (χ0v) is 21.2. The van der Waals surface area contributed by atoms with Crippen LogP contribution in [0.25, 0.3) is 10.9 Å². The molecule has 1 atom stereocenters. The lowest BCUT2D eigenvalue weighted by Crippen LogP contribution is -2.31. The average Bonchev–Trinajstić information content (AvgIpc) is 3.38. The summed E-state index contributed by atoms with van der Waals surface area (Å²) in [7, 11) is 0. The highest BCUT2D eigenvalue weighted by molar-refractivity contribution is 6.36. The van der Waals surface area contributed by atoms with Crippen LogP contribution in [0.3, 0.4) is 0 Å². The van der Waals surface area contributed by atoms with E-state index in [2.05, 4.69) is 37.0 Å². The lowest BCUT2D eigenvalue weighted by atomic mass is 10.0. The second-order valence-electron chi connectivity index (χ2n) is 9.08. The zero-order chi connectivity index (χ0) is 27.8. The van der Waals surface area contributed by atoms with Crippen LogP contribution in [0.2, 0.25) is 5.02 Å². The van der Waals surface area contributed by atoms with Crippen molar-refractivity contribution in [3.05, 3.63) is 100 Å². The van der Waals surface area contributed by atoms with E-state index in [0.29, 0.717) is 41.1 Å². The quantitative estimate of drug-likeness (QED) is 0.244. The number of hydrogen-bond donors (Lipinski definition) is 2. The lowest BCUT2D eigenvalue weighted by molar-refractivity contribution is -0.0293. The maximum atomic E-state index is 13.8. The van der Waals surface area contributed by atoms with Gasteiger partial charge in [-0.3, -0.25) is 4.98 Å². The Hall–Kier alpha value is -4.73. The van der Waals surface area contributed by atoms with E-state index in [1.807, 2.05) is 0 Å². The highest BCUT2D eigenvalue weighted by Crippen LogP contribution is 2.37. The topological polar surface area (TPSA) is 114 Å². The number of nitrogens with zero attached hydrogens (tertiary/aromatic N) is 6. The van der Waals surface area contributed by atoms with Crippen molar-refractivity contribution in [3.63, 3.8) is 0 Å². The van der Waals surface area contributed by atoms with Gasteiger partial charge in [-0.15, -0.1) is 5.10 Å². The van der Waals surface area contributed by atoms with Crippen LogP contribution in [-0.4, -0.2) is 38.2 Å². The van der Waals surface area contributed by atoms with Crippen molar-refractivity contribution >= 4 is 39.6 Å². The van der Waals surface area contributed by atoms with E-state index in [1.165, 1.54) is 18.3 Å². The Morgan fingerprint density at radius 3 is 2.55 bits per heavy atom. The van der Waals surface area contributed by atoms with Crippen molar-refractivity contribution in [1.82, 2.24) is 25.0 Å². The van der Waals surface area contributed by atoms with Crippen LogP contribution in [0.1, 0.15) is 28.9 Å². The Kier molecular flexibility index (Phi) is 6.67. The SMILES string of the molecule is N#Cc1cnc2c(Cl)cc(N[C@@H](c3ccc(F)cc3)c3cn(C4COC4)nn3)cc2c1Nc1cnc(F)c(F)c1. The molecule has 200 valence electrons. The summed E-state index contributed by atoms with van der Waals surface area (Å²) < 4.78 is 48.0. The second kappa shape index (κ2) is 10.4. The van der Waals surface area contributed by atoms with E-state index < -0.39 is 17.8 Å². The van der Waals surface area contributed by atoms with Gasteiger partial charge in [0.1, 0.15) is 23.6 Å². The minimum atomic E-state index is -1.24. The van der Waals surface area contributed by atoms with Gasteiger partial charge in [-0.1, -0.05) is 28.9 Å². The zero-order valence-electron chi connectivity index (χ0n) is 20.4. The molecule has 0 saturated carbocycles. The molecule has 5 aromatic rings. The fraction of sp³-hybridized carbons (Fsp3) is 0.148. The standard InChI is InChI=1S/C27H18ClF3N8O/c28-21-6-17(5-20-24(15(8-32)9-33-26(20)21)36-18-7-22(30)27(31)34-10-18)35-25(14-1-3-16(29)4-2-14)23-11-39(38-37-23)19-12-40-13-19/h1-7,9-11,19,25,35H,12-13H2,(H,33,36)/t25-/m0/s1. The van der Waals surface area contributed by atoms with Crippen LogP contribution < -0.4 is 10.6 Å². The fourth-order valence-corrected chi connectivity index (χ4v) is 4.59. The predicted octanol–water partition coefficient (Wildman–Crippen LogP) is 5.68. The largest absolute Gasteiger partial charge is 0.377 e. The van der Waals surface area contributed by atoms with Crippen molar-refractivity contribution in [2.24, 2.45) is 0 Å². The molecule has 0 spiro atoms. The van der Waals surface area contributed by atoms with Gasteiger partial charge < -0.3 is 15.4 Å². The van der Waals surface area contributed by atoms with E-state index in [4.69, 9.17) is 16.3 Å². The summed E-state index contributed by atoms with van der Waals surface area (Å²) in [5.41, 5.74) is 2.73. The first-order valence-electron chi connectivity index (χ1n) is 12.0. The van der Waals surface area contributed by atoms with E-state index in [-0.39, 0.29) is 33.8 Å². The normalized spacial score (nSPS) is 14.0. The third kappa shape index (κ3) is 4.88. The molecule has 1 saturated heterocycles. The van der Waals surface area contributed by atoms with Crippen molar-refractivity contribution in [1.29, 1.82) is 5.26 Å². The number of anilines is 3. The minimum absolute atomic E-state index is 0.0835. The summed E-state index contributed by atoms with van der Waals surface area (Å²) in [6.45, 7) is 1.07. The number of halogens is 4. The first-order valence-corrected chi connectivity index (χ1v) is 12.4. The molecule has 2 aromatic carbocycles. The van der Waals surface area contributed by atoms with Gasteiger partial charge in [-0.2, -0.15) is 9.65 Å². The predicted molar refractivity (Wildman–Crippen MR) is 141 cm³/mol. The van der Waals surface area contributed by atoms with Gasteiger partial charge in [-0.25, -0.2) is 18.4 Å². The van der Waals surface area contributed by atoms with E-state index >= 15 is 0 Å². The van der Waals surface area contributed by atoms with Gasteiger partial charge in [0.15, 0.2) is 5.82 Å². The summed E-state index contributed by atoms with van der Waals surface area (Å²) in [6.07, 6.45) is 4.24. The number of pyridine rings is 2. The first-order chi connectivity index (χ1) is 19.4. The number of nitriles is 1. The molecule has 0 bridgehead atoms. The summed E-state index contributed by atoms with van der Waals surface area (Å²) in [5.74, 6) is -2.77. The Labute approximate surface area is 230 Å². The number of nitrogens with one attached hydrogen (secondary N) is 2. The average molecular weight is 563 g/mol. The Morgan fingerprint density at radius 2 is 1.85 bits per heavy atom. The van der Waals surface area contributed by atoms with Gasteiger partial charge >= 0.3 is 0 Å². The summed E-state index contributed by atoms with van der Waals surface area (Å²) >= 11 is 6.62. The van der Waals surface area contributed by atoms with Crippen molar-refractivity contribution < 1.29 is 17.9 Å². The molecule has 0 amide bonds. The molecule has 2 N–H and O–H groups in total. The van der Waals surface area contributed by atoms with Crippen LogP contribution in [-0.2, 0) is 4.74 Å². The number of hydrogen-bond acceptors (Lipinski definition) is 8. The number of benzene rings is 2. The van der Waals surface area contributed by atoms with Gasteiger partial charge in [0.2, 0.25) is 5.95 Å². The number of ether oxygens (including phenoxy) is 1. The van der Waals surface area contributed by atoms with Gasteiger partial charge in [0.05, 0.1) is 59.1 Å². The van der Waals surface area contributed by atoms with E-state index in [9.17, 15) is 18.4 Å². The van der Waals surface area contributed by atoms with Gasteiger partial charge in [-0.05, 0) is 29.8 Å². The van der Waals surface area contributed by atoms with Gasteiger partial charge in [0, 0.05) is 23.3 Å². The number of aromatic nitrogens is 5. The highest BCUT2D eigenvalue weighted by Gasteiger charge is 2.25. The summed E-state index contributed by atoms with van der Waals surface area (Å²) in [5, 5.41) is 25.4. The molecule has 13 heteroatoms. The molecule has 0 unspecified atom stereocenters. The Morgan fingerprint density at radius 1 is 1.05 bits per heavy atom.